The fourth-order valence-electron chi connectivity index (χ4n) is 1.59. The lowest BCUT2D eigenvalue weighted by Gasteiger charge is -2.08. The van der Waals surface area contributed by atoms with Gasteiger partial charge < -0.3 is 0 Å². The van der Waals surface area contributed by atoms with Gasteiger partial charge in [-0.05, 0) is 44.6 Å². The Morgan fingerprint density at radius 1 is 1.33 bits per heavy atom. The standard InChI is InChI=1S/C12H20/c1-5-6-9(2)10(3)11(4)12-7-8-12/h12H,2,5-8H2,1,3-4H3/b11-10+. The lowest BCUT2D eigenvalue weighted by atomic mass is 9.98. The van der Waals surface area contributed by atoms with E-state index in [1.165, 1.54) is 30.4 Å². The summed E-state index contributed by atoms with van der Waals surface area (Å²) in [6, 6.07) is 0. The lowest BCUT2D eigenvalue weighted by molar-refractivity contribution is 0.892. The molecule has 0 unspecified atom stereocenters. The summed E-state index contributed by atoms with van der Waals surface area (Å²) in [6.07, 6.45) is 5.19. The lowest BCUT2D eigenvalue weighted by Crippen LogP contribution is -1.90. The second-order valence-electron chi connectivity index (χ2n) is 3.94. The Labute approximate surface area is 76.4 Å². The minimum atomic E-state index is 0.901. The Balaban J connectivity index is 2.59. The second kappa shape index (κ2) is 3.93. The summed E-state index contributed by atoms with van der Waals surface area (Å²) < 4.78 is 0. The van der Waals surface area contributed by atoms with Crippen molar-refractivity contribution in [3.8, 4) is 0 Å². The number of allylic oxidation sites excluding steroid dienone is 3. The Bertz CT molecular complexity index is 204. The zero-order valence-electron chi connectivity index (χ0n) is 8.61. The molecule has 0 nitrogen and oxygen atoms in total. The monoisotopic (exact) mass is 164 g/mol. The van der Waals surface area contributed by atoms with E-state index in [2.05, 4.69) is 27.4 Å². The maximum Gasteiger partial charge on any atom is -0.0200 e. The molecule has 1 fully saturated rings. The van der Waals surface area contributed by atoms with Crippen LogP contribution in [0, 0.1) is 5.92 Å². The summed E-state index contributed by atoms with van der Waals surface area (Å²) in [5, 5.41) is 0. The predicted octanol–water partition coefficient (Wildman–Crippen LogP) is 4.09. The molecule has 0 N–H and O–H groups in total. The summed E-state index contributed by atoms with van der Waals surface area (Å²) in [7, 11) is 0. The molecular weight excluding hydrogens is 144 g/mol. The van der Waals surface area contributed by atoms with Gasteiger partial charge in [0.1, 0.15) is 0 Å². The molecule has 1 aliphatic carbocycles. The number of hydrogen-bond donors (Lipinski definition) is 0. The highest BCUT2D eigenvalue weighted by molar-refractivity contribution is 5.33. The minimum absolute atomic E-state index is 0.901. The SMILES string of the molecule is C=C(CCC)/C(C)=C(\C)C1CC1. The van der Waals surface area contributed by atoms with Crippen molar-refractivity contribution in [1.82, 2.24) is 0 Å². The van der Waals surface area contributed by atoms with Gasteiger partial charge in [0.2, 0.25) is 0 Å². The van der Waals surface area contributed by atoms with Crippen molar-refractivity contribution < 1.29 is 0 Å². The maximum atomic E-state index is 4.12. The largest absolute Gasteiger partial charge is 0.0956 e. The highest BCUT2D eigenvalue weighted by Crippen LogP contribution is 2.39. The van der Waals surface area contributed by atoms with E-state index in [0.29, 0.717) is 0 Å². The summed E-state index contributed by atoms with van der Waals surface area (Å²) in [5.74, 6) is 0.901. The van der Waals surface area contributed by atoms with E-state index in [9.17, 15) is 0 Å². The van der Waals surface area contributed by atoms with Gasteiger partial charge in [-0.15, -0.1) is 0 Å². The highest BCUT2D eigenvalue weighted by Gasteiger charge is 2.24. The average molecular weight is 164 g/mol. The topological polar surface area (TPSA) is 0 Å². The van der Waals surface area contributed by atoms with Crippen LogP contribution in [0.5, 0.6) is 0 Å². The van der Waals surface area contributed by atoms with Crippen LogP contribution in [0.4, 0.5) is 0 Å². The van der Waals surface area contributed by atoms with Crippen LogP contribution in [0.15, 0.2) is 23.3 Å². The molecule has 1 saturated carbocycles. The van der Waals surface area contributed by atoms with Crippen molar-refractivity contribution in [2.24, 2.45) is 5.92 Å². The molecule has 1 rings (SSSR count). The van der Waals surface area contributed by atoms with Crippen LogP contribution < -0.4 is 0 Å². The molecule has 12 heavy (non-hydrogen) atoms. The molecule has 0 spiro atoms. The molecule has 0 heterocycles. The van der Waals surface area contributed by atoms with Crippen molar-refractivity contribution in [3.63, 3.8) is 0 Å². The van der Waals surface area contributed by atoms with E-state index in [1.54, 1.807) is 5.57 Å². The predicted molar refractivity (Wildman–Crippen MR) is 55.1 cm³/mol. The van der Waals surface area contributed by atoms with Crippen molar-refractivity contribution >= 4 is 0 Å². The van der Waals surface area contributed by atoms with Gasteiger partial charge in [0.05, 0.1) is 0 Å². The second-order valence-corrected chi connectivity index (χ2v) is 3.94. The van der Waals surface area contributed by atoms with Crippen molar-refractivity contribution in [2.75, 3.05) is 0 Å². The molecule has 0 aliphatic heterocycles. The molecule has 0 aromatic carbocycles. The summed E-state index contributed by atoms with van der Waals surface area (Å²) in [6.45, 7) is 10.8. The van der Waals surface area contributed by atoms with Crippen LogP contribution in [0.2, 0.25) is 0 Å². The Hall–Kier alpha value is -0.520. The van der Waals surface area contributed by atoms with Gasteiger partial charge in [-0.25, -0.2) is 0 Å². The third-order valence-electron chi connectivity index (χ3n) is 2.86. The van der Waals surface area contributed by atoms with E-state index in [0.717, 1.165) is 12.3 Å². The van der Waals surface area contributed by atoms with Gasteiger partial charge in [0, 0.05) is 0 Å². The van der Waals surface area contributed by atoms with Gasteiger partial charge >= 0.3 is 0 Å². The van der Waals surface area contributed by atoms with Crippen LogP contribution >= 0.6 is 0 Å². The molecule has 0 bridgehead atoms. The summed E-state index contributed by atoms with van der Waals surface area (Å²) >= 11 is 0. The smallest absolute Gasteiger partial charge is 0.0200 e. The Morgan fingerprint density at radius 2 is 1.92 bits per heavy atom. The van der Waals surface area contributed by atoms with E-state index in [1.807, 2.05) is 0 Å². The quantitative estimate of drug-likeness (QED) is 0.549. The van der Waals surface area contributed by atoms with Gasteiger partial charge in [-0.2, -0.15) is 0 Å². The summed E-state index contributed by atoms with van der Waals surface area (Å²) in [4.78, 5) is 0. The van der Waals surface area contributed by atoms with Crippen LogP contribution in [-0.4, -0.2) is 0 Å². The first kappa shape index (κ1) is 9.57. The van der Waals surface area contributed by atoms with Gasteiger partial charge in [0.25, 0.3) is 0 Å². The molecule has 1 aliphatic rings. The van der Waals surface area contributed by atoms with Crippen molar-refractivity contribution in [2.45, 2.75) is 46.5 Å². The first-order chi connectivity index (χ1) is 5.66. The van der Waals surface area contributed by atoms with Crippen LogP contribution in [-0.2, 0) is 0 Å². The summed E-state index contributed by atoms with van der Waals surface area (Å²) in [5.41, 5.74) is 4.41. The van der Waals surface area contributed by atoms with Gasteiger partial charge in [0.15, 0.2) is 0 Å². The Morgan fingerprint density at radius 3 is 2.33 bits per heavy atom. The number of hydrogen-bond acceptors (Lipinski definition) is 0. The molecule has 0 amide bonds. The van der Waals surface area contributed by atoms with E-state index in [-0.39, 0.29) is 0 Å². The zero-order valence-corrected chi connectivity index (χ0v) is 8.61. The molecule has 0 saturated heterocycles. The normalized spacial score (nSPS) is 18.9. The molecule has 0 aromatic rings. The average Bonchev–Trinajstić information content (AvgIpc) is 2.84. The van der Waals surface area contributed by atoms with Crippen LogP contribution in [0.25, 0.3) is 0 Å². The first-order valence-corrected chi connectivity index (χ1v) is 5.02. The van der Waals surface area contributed by atoms with Crippen LogP contribution in [0.1, 0.15) is 46.5 Å². The van der Waals surface area contributed by atoms with E-state index in [4.69, 9.17) is 0 Å². The van der Waals surface area contributed by atoms with E-state index < -0.39 is 0 Å². The highest BCUT2D eigenvalue weighted by atomic mass is 14.3. The maximum absolute atomic E-state index is 4.12. The van der Waals surface area contributed by atoms with Crippen molar-refractivity contribution in [3.05, 3.63) is 23.3 Å². The molecule has 0 radical (unpaired) electrons. The number of rotatable bonds is 4. The van der Waals surface area contributed by atoms with Crippen LogP contribution in [0.3, 0.4) is 0 Å². The fraction of sp³-hybridized carbons (Fsp3) is 0.667. The first-order valence-electron chi connectivity index (χ1n) is 5.02. The fourth-order valence-corrected chi connectivity index (χ4v) is 1.59. The molecular formula is C12H20. The third kappa shape index (κ3) is 2.23. The third-order valence-corrected chi connectivity index (χ3v) is 2.86. The Kier molecular flexibility index (Phi) is 3.13. The van der Waals surface area contributed by atoms with E-state index >= 15 is 0 Å². The molecule has 0 aromatic heterocycles. The molecule has 0 atom stereocenters. The van der Waals surface area contributed by atoms with Gasteiger partial charge in [-0.3, -0.25) is 0 Å². The van der Waals surface area contributed by atoms with Gasteiger partial charge in [-0.1, -0.05) is 31.1 Å². The zero-order chi connectivity index (χ0) is 9.14. The molecule has 0 heteroatoms. The van der Waals surface area contributed by atoms with Crippen molar-refractivity contribution in [1.29, 1.82) is 0 Å². The molecule has 68 valence electrons. The minimum Gasteiger partial charge on any atom is -0.0956 e.